The lowest BCUT2D eigenvalue weighted by molar-refractivity contribution is -0.126. The molecule has 0 aliphatic carbocycles. The largest absolute Gasteiger partial charge is 0.352 e. The van der Waals surface area contributed by atoms with E-state index in [2.05, 4.69) is 24.4 Å². The Morgan fingerprint density at radius 1 is 1.56 bits per heavy atom. The molecule has 0 fully saturated rings. The number of hydrogen-bond acceptors (Lipinski definition) is 3. The highest BCUT2D eigenvalue weighted by molar-refractivity contribution is 7.11. The van der Waals surface area contributed by atoms with Gasteiger partial charge in [0.25, 0.3) is 0 Å². The zero-order valence-corrected chi connectivity index (χ0v) is 12.6. The third kappa shape index (κ3) is 4.42. The Morgan fingerprint density at radius 3 is 2.72 bits per heavy atom. The van der Waals surface area contributed by atoms with Crippen LogP contribution in [0.25, 0.3) is 0 Å². The van der Waals surface area contributed by atoms with Gasteiger partial charge in [0.1, 0.15) is 0 Å². The number of hydrogen-bond donors (Lipinski definition) is 2. The molecule has 1 heterocycles. The zero-order chi connectivity index (χ0) is 13.8. The number of aryl methyl sites for hydroxylation is 1. The molecular weight excluding hydrogens is 244 g/mol. The van der Waals surface area contributed by atoms with Crippen molar-refractivity contribution in [2.45, 2.75) is 58.5 Å². The Morgan fingerprint density at radius 2 is 2.22 bits per heavy atom. The fourth-order valence-electron chi connectivity index (χ4n) is 1.97. The van der Waals surface area contributed by atoms with E-state index in [1.165, 1.54) is 9.75 Å². The van der Waals surface area contributed by atoms with Crippen molar-refractivity contribution >= 4 is 17.2 Å². The van der Waals surface area contributed by atoms with E-state index in [4.69, 9.17) is 5.73 Å². The molecule has 0 radical (unpaired) electrons. The Kier molecular flexibility index (Phi) is 5.35. The monoisotopic (exact) mass is 268 g/mol. The quantitative estimate of drug-likeness (QED) is 0.833. The summed E-state index contributed by atoms with van der Waals surface area (Å²) in [5.41, 5.74) is 5.25. The van der Waals surface area contributed by atoms with Crippen LogP contribution in [0.15, 0.2) is 12.1 Å². The molecule has 18 heavy (non-hydrogen) atoms. The third-order valence-electron chi connectivity index (χ3n) is 2.97. The van der Waals surface area contributed by atoms with Gasteiger partial charge in [0.2, 0.25) is 5.91 Å². The van der Waals surface area contributed by atoms with Gasteiger partial charge in [-0.2, -0.15) is 0 Å². The molecular formula is C14H24N2OS. The lowest BCUT2D eigenvalue weighted by Gasteiger charge is -2.25. The Labute approximate surface area is 114 Å². The Balaban J connectivity index is 2.49. The van der Waals surface area contributed by atoms with Crippen molar-refractivity contribution in [2.75, 3.05) is 0 Å². The maximum atomic E-state index is 12.0. The molecule has 0 saturated carbocycles. The van der Waals surface area contributed by atoms with Gasteiger partial charge in [0.15, 0.2) is 0 Å². The predicted octanol–water partition coefficient (Wildman–Crippen LogP) is 2.62. The highest BCUT2D eigenvalue weighted by Crippen LogP contribution is 2.17. The molecule has 1 aromatic heterocycles. The number of carbonyl (C=O) groups is 1. The van der Waals surface area contributed by atoms with E-state index in [-0.39, 0.29) is 11.9 Å². The lowest BCUT2D eigenvalue weighted by atomic mass is 9.96. The normalized spacial score (nSPS) is 16.1. The summed E-state index contributed by atoms with van der Waals surface area (Å²) < 4.78 is 0. The van der Waals surface area contributed by atoms with Gasteiger partial charge < -0.3 is 11.1 Å². The first kappa shape index (κ1) is 15.2. The van der Waals surface area contributed by atoms with Gasteiger partial charge >= 0.3 is 0 Å². The van der Waals surface area contributed by atoms with Crippen molar-refractivity contribution in [2.24, 2.45) is 5.73 Å². The summed E-state index contributed by atoms with van der Waals surface area (Å²) in [6, 6.07) is 4.35. The molecule has 1 rings (SSSR count). The standard InChI is InChI=1S/C14H24N2OS/c1-5-8-14(4,15)13(17)16-10(2)9-12-7-6-11(3)18-12/h6-7,10H,5,8-9,15H2,1-4H3,(H,16,17). The number of nitrogens with two attached hydrogens (primary N) is 1. The van der Waals surface area contributed by atoms with Crippen LogP contribution >= 0.6 is 11.3 Å². The first-order valence-electron chi connectivity index (χ1n) is 6.50. The predicted molar refractivity (Wildman–Crippen MR) is 77.9 cm³/mol. The second kappa shape index (κ2) is 6.34. The molecule has 2 atom stereocenters. The molecule has 3 N–H and O–H groups in total. The molecule has 3 nitrogen and oxygen atoms in total. The molecule has 0 aliphatic heterocycles. The van der Waals surface area contributed by atoms with E-state index in [0.29, 0.717) is 6.42 Å². The Hall–Kier alpha value is -0.870. The average molecular weight is 268 g/mol. The second-order valence-electron chi connectivity index (χ2n) is 5.26. The van der Waals surface area contributed by atoms with Gasteiger partial charge in [-0.1, -0.05) is 13.3 Å². The fraction of sp³-hybridized carbons (Fsp3) is 0.643. The summed E-state index contributed by atoms with van der Waals surface area (Å²) in [6.07, 6.45) is 2.50. The summed E-state index contributed by atoms with van der Waals surface area (Å²) in [6.45, 7) is 7.95. The molecule has 1 amide bonds. The van der Waals surface area contributed by atoms with Crippen LogP contribution in [-0.2, 0) is 11.2 Å². The van der Waals surface area contributed by atoms with Crippen LogP contribution in [-0.4, -0.2) is 17.5 Å². The molecule has 0 aliphatic rings. The van der Waals surface area contributed by atoms with Crippen molar-refractivity contribution in [1.29, 1.82) is 0 Å². The zero-order valence-electron chi connectivity index (χ0n) is 11.7. The van der Waals surface area contributed by atoms with E-state index in [1.807, 2.05) is 13.8 Å². The average Bonchev–Trinajstić information content (AvgIpc) is 2.63. The van der Waals surface area contributed by atoms with Crippen LogP contribution in [0.5, 0.6) is 0 Å². The van der Waals surface area contributed by atoms with Gasteiger partial charge in [0.05, 0.1) is 5.54 Å². The highest BCUT2D eigenvalue weighted by Gasteiger charge is 2.27. The maximum absolute atomic E-state index is 12.0. The van der Waals surface area contributed by atoms with Crippen LogP contribution in [0.3, 0.4) is 0 Å². The van der Waals surface area contributed by atoms with Crippen molar-refractivity contribution in [3.63, 3.8) is 0 Å². The van der Waals surface area contributed by atoms with Gasteiger partial charge in [-0.15, -0.1) is 11.3 Å². The molecule has 0 saturated heterocycles. The number of nitrogens with one attached hydrogen (secondary N) is 1. The first-order valence-corrected chi connectivity index (χ1v) is 7.32. The van der Waals surface area contributed by atoms with Gasteiger partial charge in [-0.3, -0.25) is 4.79 Å². The SMILES string of the molecule is CCCC(C)(N)C(=O)NC(C)Cc1ccc(C)s1. The maximum Gasteiger partial charge on any atom is 0.240 e. The molecule has 2 unspecified atom stereocenters. The minimum atomic E-state index is -0.756. The van der Waals surface area contributed by atoms with Crippen LogP contribution in [0.2, 0.25) is 0 Å². The molecule has 0 aromatic carbocycles. The number of rotatable bonds is 6. The van der Waals surface area contributed by atoms with Gasteiger partial charge in [-0.05, 0) is 39.3 Å². The number of carbonyl (C=O) groups excluding carboxylic acids is 1. The minimum Gasteiger partial charge on any atom is -0.352 e. The summed E-state index contributed by atoms with van der Waals surface area (Å²) in [7, 11) is 0. The molecule has 0 spiro atoms. The summed E-state index contributed by atoms with van der Waals surface area (Å²) in [5.74, 6) is -0.0508. The second-order valence-corrected chi connectivity index (χ2v) is 6.63. The molecule has 4 heteroatoms. The van der Waals surface area contributed by atoms with E-state index in [9.17, 15) is 4.79 Å². The van der Waals surface area contributed by atoms with Crippen molar-refractivity contribution in [3.8, 4) is 0 Å². The lowest BCUT2D eigenvalue weighted by Crippen LogP contribution is -2.53. The van der Waals surface area contributed by atoms with E-state index in [1.54, 1.807) is 18.3 Å². The highest BCUT2D eigenvalue weighted by atomic mass is 32.1. The first-order chi connectivity index (χ1) is 8.35. The summed E-state index contributed by atoms with van der Waals surface area (Å²) >= 11 is 1.78. The molecule has 0 bridgehead atoms. The van der Waals surface area contributed by atoms with Crippen LogP contribution in [0.4, 0.5) is 0 Å². The van der Waals surface area contributed by atoms with Crippen LogP contribution in [0, 0.1) is 6.92 Å². The van der Waals surface area contributed by atoms with E-state index < -0.39 is 5.54 Å². The van der Waals surface area contributed by atoms with E-state index in [0.717, 1.165) is 12.8 Å². The Bertz CT molecular complexity index is 398. The van der Waals surface area contributed by atoms with E-state index >= 15 is 0 Å². The topological polar surface area (TPSA) is 55.1 Å². The van der Waals surface area contributed by atoms with Crippen molar-refractivity contribution in [3.05, 3.63) is 21.9 Å². The van der Waals surface area contributed by atoms with Crippen molar-refractivity contribution < 1.29 is 4.79 Å². The summed E-state index contributed by atoms with van der Waals surface area (Å²) in [5, 5.41) is 3.01. The third-order valence-corrected chi connectivity index (χ3v) is 3.99. The van der Waals surface area contributed by atoms with Crippen molar-refractivity contribution in [1.82, 2.24) is 5.32 Å². The number of thiophene rings is 1. The van der Waals surface area contributed by atoms with Crippen LogP contribution < -0.4 is 11.1 Å². The van der Waals surface area contributed by atoms with Gasteiger partial charge in [0, 0.05) is 22.2 Å². The van der Waals surface area contributed by atoms with Crippen LogP contribution in [0.1, 0.15) is 43.4 Å². The fourth-order valence-corrected chi connectivity index (χ4v) is 2.99. The molecule has 102 valence electrons. The van der Waals surface area contributed by atoms with Gasteiger partial charge in [-0.25, -0.2) is 0 Å². The smallest absolute Gasteiger partial charge is 0.240 e. The number of amides is 1. The molecule has 1 aromatic rings. The minimum absolute atomic E-state index is 0.0508. The summed E-state index contributed by atoms with van der Waals surface area (Å²) in [4.78, 5) is 14.6.